The van der Waals surface area contributed by atoms with E-state index in [9.17, 15) is 4.79 Å². The number of nitrogens with zero attached hydrogens (tertiary/aromatic N) is 1. The van der Waals surface area contributed by atoms with Crippen molar-refractivity contribution in [1.29, 1.82) is 0 Å². The van der Waals surface area contributed by atoms with Gasteiger partial charge < -0.3 is 5.32 Å². The Morgan fingerprint density at radius 3 is 2.76 bits per heavy atom. The fourth-order valence-electron chi connectivity index (χ4n) is 3.58. The summed E-state index contributed by atoms with van der Waals surface area (Å²) in [5.41, 5.74) is 3.70. The van der Waals surface area contributed by atoms with Gasteiger partial charge in [-0.25, -0.2) is 0 Å². The Hall–Kier alpha value is -1.84. The van der Waals surface area contributed by atoms with Crippen LogP contribution in [-0.4, -0.2) is 30.4 Å². The zero-order chi connectivity index (χ0) is 17.6. The van der Waals surface area contributed by atoms with Gasteiger partial charge in [0.15, 0.2) is 0 Å². The quantitative estimate of drug-likeness (QED) is 0.843. The number of halogens is 1. The number of benzene rings is 2. The second kappa shape index (κ2) is 8.50. The van der Waals surface area contributed by atoms with Crippen molar-refractivity contribution in [3.05, 3.63) is 70.2 Å². The minimum Gasteiger partial charge on any atom is -0.355 e. The number of carbonyl (C=O) groups is 1. The number of hydrogen-bond donors (Lipinski definition) is 1. The summed E-state index contributed by atoms with van der Waals surface area (Å²) in [6.45, 7) is 4.16. The van der Waals surface area contributed by atoms with Gasteiger partial charge in [0.2, 0.25) is 5.91 Å². The highest BCUT2D eigenvalue weighted by atomic mass is 35.5. The van der Waals surface area contributed by atoms with Gasteiger partial charge >= 0.3 is 0 Å². The summed E-state index contributed by atoms with van der Waals surface area (Å²) in [5, 5.41) is 3.85. The lowest BCUT2D eigenvalue weighted by Crippen LogP contribution is -2.37. The number of amides is 1. The third-order valence-corrected chi connectivity index (χ3v) is 5.30. The molecule has 2 aromatic carbocycles. The average molecular weight is 357 g/mol. The summed E-state index contributed by atoms with van der Waals surface area (Å²) in [4.78, 5) is 14.6. The molecular weight excluding hydrogens is 332 g/mol. The molecule has 2 aromatic rings. The zero-order valence-corrected chi connectivity index (χ0v) is 15.4. The van der Waals surface area contributed by atoms with Crippen molar-refractivity contribution in [3.63, 3.8) is 0 Å². The van der Waals surface area contributed by atoms with Gasteiger partial charge in [0.05, 0.1) is 6.54 Å². The third-order valence-electron chi connectivity index (χ3n) is 4.95. The Morgan fingerprint density at radius 1 is 1.20 bits per heavy atom. The molecule has 0 saturated carbocycles. The van der Waals surface area contributed by atoms with Crippen LogP contribution in [0.3, 0.4) is 0 Å². The highest BCUT2D eigenvalue weighted by Gasteiger charge is 2.28. The topological polar surface area (TPSA) is 32.3 Å². The fourth-order valence-corrected chi connectivity index (χ4v) is 3.84. The molecule has 1 saturated heterocycles. The van der Waals surface area contributed by atoms with Crippen LogP contribution in [0, 0.1) is 6.92 Å². The van der Waals surface area contributed by atoms with Crippen LogP contribution in [0.25, 0.3) is 0 Å². The van der Waals surface area contributed by atoms with Crippen LogP contribution in [0.5, 0.6) is 0 Å². The monoisotopic (exact) mass is 356 g/mol. The van der Waals surface area contributed by atoms with Crippen LogP contribution in [0.15, 0.2) is 48.5 Å². The number of rotatable bonds is 6. The number of aryl methyl sites for hydroxylation is 1. The van der Waals surface area contributed by atoms with Crippen LogP contribution in [0.2, 0.25) is 5.02 Å². The van der Waals surface area contributed by atoms with E-state index < -0.39 is 0 Å². The maximum Gasteiger partial charge on any atom is 0.234 e. The van der Waals surface area contributed by atoms with Crippen molar-refractivity contribution in [2.75, 3.05) is 19.6 Å². The lowest BCUT2D eigenvalue weighted by molar-refractivity contribution is -0.122. The molecule has 0 radical (unpaired) electrons. The smallest absolute Gasteiger partial charge is 0.234 e. The molecule has 1 aliphatic heterocycles. The van der Waals surface area contributed by atoms with Gasteiger partial charge in [0, 0.05) is 17.6 Å². The van der Waals surface area contributed by atoms with Gasteiger partial charge in [-0.3, -0.25) is 9.69 Å². The molecule has 1 amide bonds. The minimum absolute atomic E-state index is 0.0903. The van der Waals surface area contributed by atoms with Gasteiger partial charge in [-0.05, 0) is 55.5 Å². The normalized spacial score (nSPS) is 17.6. The van der Waals surface area contributed by atoms with Gasteiger partial charge in [-0.15, -0.1) is 0 Å². The predicted molar refractivity (Wildman–Crippen MR) is 103 cm³/mol. The lowest BCUT2D eigenvalue weighted by atomic mass is 10.0. The van der Waals surface area contributed by atoms with Gasteiger partial charge in [0.25, 0.3) is 0 Å². The number of hydrogen-bond acceptors (Lipinski definition) is 2. The van der Waals surface area contributed by atoms with E-state index >= 15 is 0 Å². The molecule has 1 fully saturated rings. The van der Waals surface area contributed by atoms with Crippen LogP contribution >= 0.6 is 11.6 Å². The van der Waals surface area contributed by atoms with E-state index in [4.69, 9.17) is 11.6 Å². The van der Waals surface area contributed by atoms with E-state index in [0.717, 1.165) is 36.4 Å². The van der Waals surface area contributed by atoms with E-state index in [2.05, 4.69) is 35.3 Å². The summed E-state index contributed by atoms with van der Waals surface area (Å²) in [5.74, 6) is 0.0903. The van der Waals surface area contributed by atoms with Crippen molar-refractivity contribution >= 4 is 17.5 Å². The second-order valence-corrected chi connectivity index (χ2v) is 7.08. The first-order valence-corrected chi connectivity index (χ1v) is 9.32. The molecule has 0 aliphatic carbocycles. The van der Waals surface area contributed by atoms with E-state index in [1.165, 1.54) is 11.1 Å². The van der Waals surface area contributed by atoms with Crippen molar-refractivity contribution in [3.8, 4) is 0 Å². The fraction of sp³-hybridized carbons (Fsp3) is 0.381. The molecule has 1 N–H and O–H groups in total. The van der Waals surface area contributed by atoms with Crippen molar-refractivity contribution in [2.24, 2.45) is 0 Å². The molecule has 1 atom stereocenters. The van der Waals surface area contributed by atoms with Crippen LogP contribution in [-0.2, 0) is 11.2 Å². The molecule has 3 rings (SSSR count). The highest BCUT2D eigenvalue weighted by molar-refractivity contribution is 6.31. The maximum atomic E-state index is 12.4. The van der Waals surface area contributed by atoms with Crippen LogP contribution in [0.4, 0.5) is 0 Å². The molecule has 1 heterocycles. The summed E-state index contributed by atoms with van der Waals surface area (Å²) >= 11 is 6.35. The van der Waals surface area contributed by atoms with E-state index in [1.54, 1.807) is 0 Å². The first-order chi connectivity index (χ1) is 12.1. The molecule has 0 aromatic heterocycles. The molecule has 3 nitrogen and oxygen atoms in total. The molecule has 132 valence electrons. The summed E-state index contributed by atoms with van der Waals surface area (Å²) in [6, 6.07) is 16.5. The van der Waals surface area contributed by atoms with Crippen molar-refractivity contribution in [1.82, 2.24) is 10.2 Å². The standard InChI is InChI=1S/C21H25ClN2O/c1-16-7-2-3-8-17(16)12-13-23-21(25)15-24-14-6-11-20(24)18-9-4-5-10-19(18)22/h2-5,7-10,20H,6,11-15H2,1H3,(H,23,25). The predicted octanol–water partition coefficient (Wildman–Crippen LogP) is 4.14. The Morgan fingerprint density at radius 2 is 1.96 bits per heavy atom. The second-order valence-electron chi connectivity index (χ2n) is 6.68. The molecule has 4 heteroatoms. The van der Waals surface area contributed by atoms with E-state index in [1.807, 2.05) is 30.3 Å². The highest BCUT2D eigenvalue weighted by Crippen LogP contribution is 2.35. The molecule has 1 aliphatic rings. The SMILES string of the molecule is Cc1ccccc1CCNC(=O)CN1CCCC1c1ccccc1Cl. The number of nitrogens with one attached hydrogen (secondary N) is 1. The molecular formula is C21H25ClN2O. The van der Waals surface area contributed by atoms with Gasteiger partial charge in [-0.2, -0.15) is 0 Å². The Labute approximate surface area is 155 Å². The molecule has 0 spiro atoms. The third kappa shape index (κ3) is 4.62. The van der Waals surface area contributed by atoms with Gasteiger partial charge in [-0.1, -0.05) is 54.1 Å². The number of likely N-dealkylation sites (tertiary alicyclic amines) is 1. The Balaban J connectivity index is 1.52. The van der Waals surface area contributed by atoms with Crippen molar-refractivity contribution < 1.29 is 4.79 Å². The van der Waals surface area contributed by atoms with E-state index in [-0.39, 0.29) is 11.9 Å². The number of carbonyl (C=O) groups excluding carboxylic acids is 1. The van der Waals surface area contributed by atoms with Crippen molar-refractivity contribution in [2.45, 2.75) is 32.2 Å². The molecule has 0 bridgehead atoms. The summed E-state index contributed by atoms with van der Waals surface area (Å²) < 4.78 is 0. The Kier molecular flexibility index (Phi) is 6.11. The first kappa shape index (κ1) is 18.0. The average Bonchev–Trinajstić information content (AvgIpc) is 3.05. The van der Waals surface area contributed by atoms with Crippen LogP contribution in [0.1, 0.15) is 35.6 Å². The zero-order valence-electron chi connectivity index (χ0n) is 14.7. The molecule has 25 heavy (non-hydrogen) atoms. The largest absolute Gasteiger partial charge is 0.355 e. The minimum atomic E-state index is 0.0903. The van der Waals surface area contributed by atoms with Gasteiger partial charge in [0.1, 0.15) is 0 Å². The lowest BCUT2D eigenvalue weighted by Gasteiger charge is -2.25. The maximum absolute atomic E-state index is 12.4. The summed E-state index contributed by atoms with van der Waals surface area (Å²) in [6.07, 6.45) is 3.03. The molecule has 1 unspecified atom stereocenters. The van der Waals surface area contributed by atoms with Crippen LogP contribution < -0.4 is 5.32 Å². The first-order valence-electron chi connectivity index (χ1n) is 8.95. The summed E-state index contributed by atoms with van der Waals surface area (Å²) in [7, 11) is 0. The van der Waals surface area contributed by atoms with E-state index in [0.29, 0.717) is 13.1 Å². The Bertz CT molecular complexity index is 731.